The molecule has 0 aliphatic carbocycles. The quantitative estimate of drug-likeness (QED) is 0.319. The highest BCUT2D eigenvalue weighted by Crippen LogP contribution is 2.39. The van der Waals surface area contributed by atoms with Gasteiger partial charge in [0, 0.05) is 33.1 Å². The van der Waals surface area contributed by atoms with Gasteiger partial charge in [-0.3, -0.25) is 4.98 Å². The summed E-state index contributed by atoms with van der Waals surface area (Å²) in [6.45, 7) is -1.30. The maximum Gasteiger partial charge on any atom is 0.406 e. The third-order valence-electron chi connectivity index (χ3n) is 4.17. The van der Waals surface area contributed by atoms with Gasteiger partial charge in [-0.05, 0) is 30.3 Å². The maximum atomic E-state index is 14.3. The first-order valence-corrected chi connectivity index (χ1v) is 8.07. The van der Waals surface area contributed by atoms with Crippen molar-refractivity contribution in [1.82, 2.24) is 14.5 Å². The van der Waals surface area contributed by atoms with Crippen molar-refractivity contribution in [3.8, 4) is 11.1 Å². The minimum atomic E-state index is -4.52. The van der Waals surface area contributed by atoms with E-state index in [1.165, 1.54) is 24.5 Å². The molecular weight excluding hydrogens is 389 g/mol. The van der Waals surface area contributed by atoms with Gasteiger partial charge in [-0.25, -0.2) is 0 Å². The van der Waals surface area contributed by atoms with Crippen LogP contribution in [0.5, 0.6) is 0 Å². The third-order valence-corrected chi connectivity index (χ3v) is 4.39. The van der Waals surface area contributed by atoms with Gasteiger partial charge in [-0.2, -0.15) is 26.9 Å². The Morgan fingerprint density at radius 1 is 1.00 bits per heavy atom. The Balaban J connectivity index is 2.16. The van der Waals surface area contributed by atoms with E-state index in [1.807, 2.05) is 0 Å². The van der Waals surface area contributed by atoms with Crippen LogP contribution in [0.3, 0.4) is 0 Å². The lowest BCUT2D eigenvalue weighted by Gasteiger charge is -2.14. The Bertz CT molecular complexity index is 1180. The van der Waals surface area contributed by atoms with Gasteiger partial charge in [0.15, 0.2) is 0 Å². The standard InChI is InChI=1S/C18H9ClF5N3/c19-9-5-12-10-3-4-25-7-14(10)27(8-18(22,23)24)16(12)13(6-9)11-1-2-15(20)26-17(11)21/h1-7H,8H2. The molecule has 0 unspecified atom stereocenters. The molecule has 138 valence electrons. The molecule has 0 bridgehead atoms. The van der Waals surface area contributed by atoms with Crippen LogP contribution < -0.4 is 0 Å². The summed E-state index contributed by atoms with van der Waals surface area (Å²) in [4.78, 5) is 7.02. The van der Waals surface area contributed by atoms with Crippen molar-refractivity contribution >= 4 is 33.4 Å². The van der Waals surface area contributed by atoms with Crippen LogP contribution in [0.25, 0.3) is 32.9 Å². The Kier molecular flexibility index (Phi) is 4.03. The van der Waals surface area contributed by atoms with Crippen LogP contribution in [-0.2, 0) is 6.54 Å². The number of halogens is 6. The molecule has 3 aromatic heterocycles. The van der Waals surface area contributed by atoms with Gasteiger partial charge in [-0.1, -0.05) is 11.6 Å². The number of benzene rings is 1. The second-order valence-electron chi connectivity index (χ2n) is 5.92. The summed E-state index contributed by atoms with van der Waals surface area (Å²) >= 11 is 6.14. The van der Waals surface area contributed by atoms with E-state index >= 15 is 0 Å². The van der Waals surface area contributed by atoms with Gasteiger partial charge in [0.1, 0.15) is 6.54 Å². The average Bonchev–Trinajstić information content (AvgIpc) is 2.87. The molecule has 0 amide bonds. The molecule has 0 spiro atoms. The highest BCUT2D eigenvalue weighted by molar-refractivity contribution is 6.32. The van der Waals surface area contributed by atoms with Crippen molar-refractivity contribution in [3.63, 3.8) is 0 Å². The van der Waals surface area contributed by atoms with E-state index in [0.29, 0.717) is 10.8 Å². The van der Waals surface area contributed by atoms with Crippen molar-refractivity contribution in [2.24, 2.45) is 0 Å². The van der Waals surface area contributed by atoms with E-state index in [4.69, 9.17) is 11.6 Å². The molecule has 3 heterocycles. The van der Waals surface area contributed by atoms with E-state index in [2.05, 4.69) is 9.97 Å². The number of nitrogens with zero attached hydrogens (tertiary/aromatic N) is 3. The topological polar surface area (TPSA) is 30.7 Å². The molecule has 0 fully saturated rings. The number of pyridine rings is 2. The maximum absolute atomic E-state index is 14.3. The molecule has 0 N–H and O–H groups in total. The fourth-order valence-electron chi connectivity index (χ4n) is 3.21. The molecule has 27 heavy (non-hydrogen) atoms. The lowest BCUT2D eigenvalue weighted by atomic mass is 10.0. The summed E-state index contributed by atoms with van der Waals surface area (Å²) in [6.07, 6.45) is -1.77. The summed E-state index contributed by atoms with van der Waals surface area (Å²) < 4.78 is 68.1. The number of alkyl halides is 3. The number of rotatable bonds is 2. The Morgan fingerprint density at radius 2 is 1.78 bits per heavy atom. The number of fused-ring (bicyclic) bond motifs is 3. The summed E-state index contributed by atoms with van der Waals surface area (Å²) in [5, 5.41) is 1.09. The van der Waals surface area contributed by atoms with Crippen LogP contribution in [-0.4, -0.2) is 20.7 Å². The average molecular weight is 398 g/mol. The normalized spacial score (nSPS) is 12.2. The fourth-order valence-corrected chi connectivity index (χ4v) is 3.42. The van der Waals surface area contributed by atoms with Crippen LogP contribution in [0.2, 0.25) is 5.02 Å². The van der Waals surface area contributed by atoms with E-state index in [-0.39, 0.29) is 27.2 Å². The van der Waals surface area contributed by atoms with Gasteiger partial charge in [0.05, 0.1) is 17.2 Å². The summed E-state index contributed by atoms with van der Waals surface area (Å²) in [7, 11) is 0. The zero-order chi connectivity index (χ0) is 19.3. The minimum absolute atomic E-state index is 0.0861. The van der Waals surface area contributed by atoms with Crippen molar-refractivity contribution in [3.05, 3.63) is 59.6 Å². The molecule has 0 aliphatic rings. The molecule has 4 rings (SSSR count). The Morgan fingerprint density at radius 3 is 2.48 bits per heavy atom. The SMILES string of the molecule is Fc1ccc(-c2cc(Cl)cc3c4ccncc4n(CC(F)(F)F)c23)c(F)n1. The summed E-state index contributed by atoms with van der Waals surface area (Å²) in [5.74, 6) is -2.17. The molecule has 1 aromatic carbocycles. The fraction of sp³-hybridized carbons (Fsp3) is 0.111. The van der Waals surface area contributed by atoms with Crippen LogP contribution >= 0.6 is 11.6 Å². The van der Waals surface area contributed by atoms with Gasteiger partial charge < -0.3 is 4.57 Å². The lowest BCUT2D eigenvalue weighted by molar-refractivity contribution is -0.139. The number of aromatic nitrogens is 3. The third kappa shape index (κ3) is 3.10. The molecule has 0 atom stereocenters. The Hall–Kier alpha value is -2.74. The first-order chi connectivity index (χ1) is 12.7. The molecule has 0 aliphatic heterocycles. The van der Waals surface area contributed by atoms with Crippen molar-refractivity contribution in [2.45, 2.75) is 12.7 Å². The van der Waals surface area contributed by atoms with Crippen LogP contribution in [0.15, 0.2) is 42.7 Å². The van der Waals surface area contributed by atoms with Crippen LogP contribution in [0, 0.1) is 11.9 Å². The van der Waals surface area contributed by atoms with Crippen LogP contribution in [0.4, 0.5) is 22.0 Å². The predicted octanol–water partition coefficient (Wildman–Crippen LogP) is 5.75. The smallest absolute Gasteiger partial charge is 0.329 e. The van der Waals surface area contributed by atoms with Gasteiger partial charge in [0.25, 0.3) is 0 Å². The van der Waals surface area contributed by atoms with E-state index < -0.39 is 24.6 Å². The molecule has 0 radical (unpaired) electrons. The second-order valence-corrected chi connectivity index (χ2v) is 6.35. The monoisotopic (exact) mass is 397 g/mol. The minimum Gasteiger partial charge on any atom is -0.329 e. The van der Waals surface area contributed by atoms with Crippen molar-refractivity contribution < 1.29 is 22.0 Å². The first-order valence-electron chi connectivity index (χ1n) is 7.69. The molecule has 3 nitrogen and oxygen atoms in total. The second kappa shape index (κ2) is 6.16. The van der Waals surface area contributed by atoms with Crippen molar-refractivity contribution in [2.75, 3.05) is 0 Å². The van der Waals surface area contributed by atoms with Gasteiger partial charge in [0.2, 0.25) is 11.9 Å². The highest BCUT2D eigenvalue weighted by atomic mass is 35.5. The van der Waals surface area contributed by atoms with Gasteiger partial charge in [-0.15, -0.1) is 0 Å². The molecule has 9 heteroatoms. The molecule has 0 saturated carbocycles. The lowest BCUT2D eigenvalue weighted by Crippen LogP contribution is -2.17. The molecule has 0 saturated heterocycles. The summed E-state index contributed by atoms with van der Waals surface area (Å²) in [6, 6.07) is 6.45. The number of hydrogen-bond acceptors (Lipinski definition) is 2. The van der Waals surface area contributed by atoms with Gasteiger partial charge >= 0.3 is 6.18 Å². The number of hydrogen-bond donors (Lipinski definition) is 0. The van der Waals surface area contributed by atoms with E-state index in [0.717, 1.165) is 16.7 Å². The van der Waals surface area contributed by atoms with Crippen LogP contribution in [0.1, 0.15) is 0 Å². The summed E-state index contributed by atoms with van der Waals surface area (Å²) in [5.41, 5.74) is 0.280. The molecular formula is C18H9ClF5N3. The first kappa shape index (κ1) is 17.7. The van der Waals surface area contributed by atoms with E-state index in [1.54, 1.807) is 6.07 Å². The molecule has 4 aromatic rings. The van der Waals surface area contributed by atoms with Crippen molar-refractivity contribution in [1.29, 1.82) is 0 Å². The predicted molar refractivity (Wildman–Crippen MR) is 91.5 cm³/mol. The van der Waals surface area contributed by atoms with E-state index in [9.17, 15) is 22.0 Å². The largest absolute Gasteiger partial charge is 0.406 e. The zero-order valence-electron chi connectivity index (χ0n) is 13.4. The highest BCUT2D eigenvalue weighted by Gasteiger charge is 2.31. The zero-order valence-corrected chi connectivity index (χ0v) is 14.1. The Labute approximate surface area is 154 Å².